The molecular weight excluding hydrogens is 506 g/mol. The number of nitrogens with zero attached hydrogens (tertiary/aromatic N) is 2. The van der Waals surface area contributed by atoms with Crippen molar-refractivity contribution in [3.63, 3.8) is 0 Å². The van der Waals surface area contributed by atoms with Crippen LogP contribution in [-0.2, 0) is 21.4 Å². The van der Waals surface area contributed by atoms with E-state index in [2.05, 4.69) is 28.9 Å². The maximum Gasteiger partial charge on any atom is 0.264 e. The number of benzene rings is 4. The lowest BCUT2D eigenvalue weighted by Gasteiger charge is -2.25. The molecule has 0 bridgehead atoms. The summed E-state index contributed by atoms with van der Waals surface area (Å²) in [7, 11) is -4.03. The number of sulfonamides is 1. The Balaban J connectivity index is 1.49. The van der Waals surface area contributed by atoms with Gasteiger partial charge in [0.2, 0.25) is 5.91 Å². The van der Waals surface area contributed by atoms with Crippen LogP contribution >= 0.6 is 11.6 Å². The third kappa shape index (κ3) is 4.68. The Kier molecular flexibility index (Phi) is 6.67. The van der Waals surface area contributed by atoms with Gasteiger partial charge in [-0.05, 0) is 74.0 Å². The van der Waals surface area contributed by atoms with Gasteiger partial charge in [0.1, 0.15) is 6.54 Å². The average molecular weight is 532 g/mol. The highest BCUT2D eigenvalue weighted by molar-refractivity contribution is 7.92. The normalized spacial score (nSPS) is 11.6. The number of rotatable bonds is 7. The molecular formula is C29H26ClN3O3S. The number of fused-ring (bicyclic) bond motifs is 3. The molecule has 1 aromatic heterocycles. The summed E-state index contributed by atoms with van der Waals surface area (Å²) in [6.07, 6.45) is 0. The highest BCUT2D eigenvalue weighted by atomic mass is 35.5. The van der Waals surface area contributed by atoms with E-state index in [0.717, 1.165) is 38.2 Å². The number of nitrogens with one attached hydrogen (secondary N) is 1. The number of hydrogen-bond acceptors (Lipinski definition) is 3. The Morgan fingerprint density at radius 1 is 0.892 bits per heavy atom. The zero-order valence-corrected chi connectivity index (χ0v) is 22.1. The zero-order valence-electron chi connectivity index (χ0n) is 20.5. The average Bonchev–Trinajstić information content (AvgIpc) is 3.21. The maximum absolute atomic E-state index is 13.6. The van der Waals surface area contributed by atoms with Gasteiger partial charge < -0.3 is 9.88 Å². The molecule has 188 valence electrons. The first kappa shape index (κ1) is 24.9. The van der Waals surface area contributed by atoms with E-state index >= 15 is 0 Å². The number of carbonyl (C=O) groups excluding carboxylic acids is 1. The molecule has 0 saturated heterocycles. The molecule has 0 spiro atoms. The molecule has 5 rings (SSSR count). The molecule has 5 aromatic rings. The van der Waals surface area contributed by atoms with Crippen LogP contribution in [0.1, 0.15) is 12.5 Å². The van der Waals surface area contributed by atoms with Gasteiger partial charge in [-0.15, -0.1) is 0 Å². The van der Waals surface area contributed by atoms with Gasteiger partial charge in [0.25, 0.3) is 10.0 Å². The Hall–Kier alpha value is -3.81. The molecule has 0 aliphatic rings. The first-order valence-electron chi connectivity index (χ1n) is 11.9. The van der Waals surface area contributed by atoms with Crippen molar-refractivity contribution in [3.8, 4) is 0 Å². The van der Waals surface area contributed by atoms with Crippen molar-refractivity contribution in [2.45, 2.75) is 25.3 Å². The molecule has 4 aromatic carbocycles. The van der Waals surface area contributed by atoms with Crippen LogP contribution in [0.2, 0.25) is 5.02 Å². The van der Waals surface area contributed by atoms with E-state index in [1.807, 2.05) is 49.4 Å². The molecule has 0 aliphatic heterocycles. The van der Waals surface area contributed by atoms with Crippen molar-refractivity contribution in [1.29, 1.82) is 0 Å². The highest BCUT2D eigenvalue weighted by Gasteiger charge is 2.28. The first-order valence-corrected chi connectivity index (χ1v) is 13.8. The van der Waals surface area contributed by atoms with E-state index in [4.69, 9.17) is 11.6 Å². The molecule has 8 heteroatoms. The fraction of sp³-hybridized carbons (Fsp3) is 0.138. The Morgan fingerprint density at radius 3 is 2.30 bits per heavy atom. The second-order valence-electron chi connectivity index (χ2n) is 8.79. The maximum atomic E-state index is 13.6. The number of aryl methyl sites for hydroxylation is 2. The number of carbonyl (C=O) groups is 1. The van der Waals surface area contributed by atoms with Crippen molar-refractivity contribution in [2.75, 3.05) is 16.2 Å². The third-order valence-electron chi connectivity index (χ3n) is 6.45. The lowest BCUT2D eigenvalue weighted by atomic mass is 10.1. The molecule has 0 atom stereocenters. The molecule has 1 amide bonds. The Morgan fingerprint density at radius 2 is 1.57 bits per heavy atom. The largest absolute Gasteiger partial charge is 0.341 e. The Bertz CT molecular complexity index is 1730. The van der Waals surface area contributed by atoms with Crippen LogP contribution in [-0.4, -0.2) is 25.4 Å². The molecule has 1 N–H and O–H groups in total. The lowest BCUT2D eigenvalue weighted by molar-refractivity contribution is -0.114. The van der Waals surface area contributed by atoms with Gasteiger partial charge in [-0.25, -0.2) is 8.42 Å². The van der Waals surface area contributed by atoms with Gasteiger partial charge in [-0.2, -0.15) is 0 Å². The molecule has 1 heterocycles. The molecule has 0 unspecified atom stereocenters. The second-order valence-corrected chi connectivity index (χ2v) is 11.1. The number of anilines is 2. The third-order valence-corrected chi connectivity index (χ3v) is 8.47. The highest BCUT2D eigenvalue weighted by Crippen LogP contribution is 2.31. The first-order chi connectivity index (χ1) is 17.8. The summed E-state index contributed by atoms with van der Waals surface area (Å²) in [4.78, 5) is 13.3. The summed E-state index contributed by atoms with van der Waals surface area (Å²) in [6.45, 7) is 4.35. The summed E-state index contributed by atoms with van der Waals surface area (Å²) in [5, 5.41) is 5.46. The van der Waals surface area contributed by atoms with Crippen molar-refractivity contribution < 1.29 is 13.2 Å². The SMILES string of the molecule is CCn1c2ccccc2c2cc(NC(=O)CN(c3ccccc3C)S(=O)(=O)c3ccc(Cl)cc3)ccc21. The van der Waals surface area contributed by atoms with Crippen LogP contribution < -0.4 is 9.62 Å². The van der Waals surface area contributed by atoms with Gasteiger partial charge in [-0.1, -0.05) is 48.0 Å². The van der Waals surface area contributed by atoms with Crippen molar-refractivity contribution in [3.05, 3.63) is 102 Å². The molecule has 37 heavy (non-hydrogen) atoms. The predicted octanol–water partition coefficient (Wildman–Crippen LogP) is 6.61. The quantitative estimate of drug-likeness (QED) is 0.257. The van der Waals surface area contributed by atoms with E-state index in [0.29, 0.717) is 16.4 Å². The molecule has 0 aliphatic carbocycles. The smallest absolute Gasteiger partial charge is 0.264 e. The second kappa shape index (κ2) is 9.92. The summed E-state index contributed by atoms with van der Waals surface area (Å²) in [6, 6.07) is 26.9. The number of halogens is 1. The fourth-order valence-electron chi connectivity index (χ4n) is 4.68. The molecule has 0 fully saturated rings. The van der Waals surface area contributed by atoms with Gasteiger partial charge in [0.15, 0.2) is 0 Å². The van der Waals surface area contributed by atoms with E-state index in [9.17, 15) is 13.2 Å². The topological polar surface area (TPSA) is 71.4 Å². The predicted molar refractivity (Wildman–Crippen MR) is 151 cm³/mol. The van der Waals surface area contributed by atoms with E-state index in [-0.39, 0.29) is 11.4 Å². The van der Waals surface area contributed by atoms with Gasteiger partial charge in [0, 0.05) is 39.1 Å². The standard InChI is InChI=1S/C29H26ClN3O3S/c1-3-32-27-11-7-5-9-24(27)25-18-22(14-17-28(25)32)31-29(34)19-33(26-10-6-4-8-20(26)2)37(35,36)23-15-12-21(30)13-16-23/h4-18H,3,19H2,1-2H3,(H,31,34). The van der Waals surface area contributed by atoms with Crippen LogP contribution in [0.4, 0.5) is 11.4 Å². The van der Waals surface area contributed by atoms with Crippen LogP contribution in [0.5, 0.6) is 0 Å². The summed E-state index contributed by atoms with van der Waals surface area (Å²) in [5.41, 5.74) is 3.98. The zero-order chi connectivity index (χ0) is 26.2. The summed E-state index contributed by atoms with van der Waals surface area (Å²) >= 11 is 5.97. The van der Waals surface area contributed by atoms with E-state index in [1.54, 1.807) is 12.1 Å². The lowest BCUT2D eigenvalue weighted by Crippen LogP contribution is -2.38. The Labute approximate surface area is 221 Å². The van der Waals surface area contributed by atoms with E-state index < -0.39 is 15.9 Å². The molecule has 0 radical (unpaired) electrons. The summed E-state index contributed by atoms with van der Waals surface area (Å²) < 4.78 is 30.7. The van der Waals surface area contributed by atoms with Crippen LogP contribution in [0, 0.1) is 6.92 Å². The number of hydrogen-bond donors (Lipinski definition) is 1. The monoisotopic (exact) mass is 531 g/mol. The minimum Gasteiger partial charge on any atom is -0.341 e. The van der Waals surface area contributed by atoms with Crippen LogP contribution in [0.25, 0.3) is 21.8 Å². The van der Waals surface area contributed by atoms with Crippen molar-refractivity contribution >= 4 is 60.7 Å². The van der Waals surface area contributed by atoms with Gasteiger partial charge >= 0.3 is 0 Å². The number of para-hydroxylation sites is 2. The van der Waals surface area contributed by atoms with Crippen molar-refractivity contribution in [2.24, 2.45) is 0 Å². The van der Waals surface area contributed by atoms with Crippen LogP contribution in [0.3, 0.4) is 0 Å². The van der Waals surface area contributed by atoms with Gasteiger partial charge in [-0.3, -0.25) is 9.10 Å². The number of aromatic nitrogens is 1. The minimum absolute atomic E-state index is 0.0572. The van der Waals surface area contributed by atoms with Gasteiger partial charge in [0.05, 0.1) is 10.6 Å². The summed E-state index contributed by atoms with van der Waals surface area (Å²) in [5.74, 6) is -0.445. The number of amides is 1. The fourth-order valence-corrected chi connectivity index (χ4v) is 6.29. The molecule has 6 nitrogen and oxygen atoms in total. The van der Waals surface area contributed by atoms with E-state index in [1.165, 1.54) is 24.3 Å². The van der Waals surface area contributed by atoms with Crippen molar-refractivity contribution in [1.82, 2.24) is 4.57 Å². The minimum atomic E-state index is -4.03. The van der Waals surface area contributed by atoms with Crippen LogP contribution in [0.15, 0.2) is 95.9 Å². The molecule has 0 saturated carbocycles.